The highest BCUT2D eigenvalue weighted by Crippen LogP contribution is 2.48. The lowest BCUT2D eigenvalue weighted by atomic mass is 9.95. The van der Waals surface area contributed by atoms with Gasteiger partial charge in [-0.2, -0.15) is 9.97 Å². The minimum atomic E-state index is -0.845. The van der Waals surface area contributed by atoms with Crippen molar-refractivity contribution in [2.24, 2.45) is 0 Å². The molecule has 11 heteroatoms. The first-order valence-electron chi connectivity index (χ1n) is 13.4. The molecule has 1 spiro atoms. The summed E-state index contributed by atoms with van der Waals surface area (Å²) in [6.45, 7) is 8.74. The van der Waals surface area contributed by atoms with Gasteiger partial charge in [-0.25, -0.2) is 13.6 Å². The molecule has 8 nitrogen and oxygen atoms in total. The fraction of sp³-hybridized carbons (Fsp3) is 0.667. The topological polar surface area (TPSA) is 71.0 Å². The predicted octanol–water partition coefficient (Wildman–Crippen LogP) is 5.08. The van der Waals surface area contributed by atoms with E-state index >= 15 is 0 Å². The third-order valence-electron chi connectivity index (χ3n) is 8.31. The van der Waals surface area contributed by atoms with Crippen LogP contribution in [0.4, 0.5) is 19.4 Å². The third-order valence-corrected chi connectivity index (χ3v) is 8.92. The molecular formula is C27H34BrF2N5O3. The number of nitrogens with zero attached hydrogens (tertiary/aromatic N) is 5. The van der Waals surface area contributed by atoms with E-state index in [0.717, 1.165) is 32.2 Å². The fourth-order valence-corrected chi connectivity index (χ4v) is 6.70. The number of benzene rings is 1. The van der Waals surface area contributed by atoms with Crippen LogP contribution in [0, 0.1) is 5.82 Å². The molecule has 1 saturated carbocycles. The summed E-state index contributed by atoms with van der Waals surface area (Å²) >= 11 is 3.28. The van der Waals surface area contributed by atoms with Crippen LogP contribution in [0.5, 0.6) is 6.01 Å². The number of hydrogen-bond acceptors (Lipinski definition) is 7. The van der Waals surface area contributed by atoms with Crippen molar-refractivity contribution in [2.75, 3.05) is 44.2 Å². The Balaban J connectivity index is 1.30. The quantitative estimate of drug-likeness (QED) is 0.490. The molecule has 1 amide bonds. The van der Waals surface area contributed by atoms with Gasteiger partial charge < -0.3 is 19.3 Å². The number of halogens is 3. The zero-order valence-corrected chi connectivity index (χ0v) is 23.7. The third kappa shape index (κ3) is 4.69. The van der Waals surface area contributed by atoms with Gasteiger partial charge in [-0.15, -0.1) is 0 Å². The van der Waals surface area contributed by atoms with E-state index < -0.39 is 17.6 Å². The zero-order valence-electron chi connectivity index (χ0n) is 22.1. The summed E-state index contributed by atoms with van der Waals surface area (Å²) in [5.41, 5.74) is -0.608. The van der Waals surface area contributed by atoms with Gasteiger partial charge in [0.1, 0.15) is 30.0 Å². The summed E-state index contributed by atoms with van der Waals surface area (Å²) in [5.74, 6) is 0.210. The van der Waals surface area contributed by atoms with Crippen molar-refractivity contribution in [2.45, 2.75) is 75.7 Å². The number of alkyl halides is 1. The number of carbonyl (C=O) groups is 1. The van der Waals surface area contributed by atoms with Crippen molar-refractivity contribution < 1.29 is 23.0 Å². The fourth-order valence-electron chi connectivity index (χ4n) is 6.37. The molecule has 3 aliphatic heterocycles. The second-order valence-electron chi connectivity index (χ2n) is 12.3. The first-order valence-corrected chi connectivity index (χ1v) is 14.2. The average molecular weight is 595 g/mol. The number of ether oxygens (including phenoxy) is 2. The Kier molecular flexibility index (Phi) is 6.25. The van der Waals surface area contributed by atoms with Crippen molar-refractivity contribution in [3.05, 3.63) is 22.4 Å². The maximum atomic E-state index is 14.7. The summed E-state index contributed by atoms with van der Waals surface area (Å²) in [6.07, 6.45) is 2.99. The van der Waals surface area contributed by atoms with E-state index in [1.165, 1.54) is 6.07 Å². The van der Waals surface area contributed by atoms with Gasteiger partial charge in [0.25, 0.3) is 0 Å². The SMILES string of the molecule is CC(C)(C)OC(=O)N1CCN(c2nc(OC[C@@]34CCCN3C[C@H](F)C4)nc3cc(Br)c(F)cc23)C2(CC2)C1. The number of rotatable bonds is 4. The molecule has 0 N–H and O–H groups in total. The van der Waals surface area contributed by atoms with Gasteiger partial charge in [-0.3, -0.25) is 4.90 Å². The van der Waals surface area contributed by atoms with Crippen molar-refractivity contribution in [1.82, 2.24) is 19.8 Å². The largest absolute Gasteiger partial charge is 0.461 e. The van der Waals surface area contributed by atoms with Crippen LogP contribution in [0.1, 0.15) is 52.9 Å². The number of fused-ring (bicyclic) bond motifs is 2. The lowest BCUT2D eigenvalue weighted by Crippen LogP contribution is -2.57. The lowest BCUT2D eigenvalue weighted by Gasteiger charge is -2.43. The lowest BCUT2D eigenvalue weighted by molar-refractivity contribution is 0.0205. The molecule has 1 aromatic carbocycles. The van der Waals surface area contributed by atoms with Gasteiger partial charge >= 0.3 is 12.1 Å². The molecule has 3 saturated heterocycles. The first kappa shape index (κ1) is 26.0. The molecule has 4 heterocycles. The van der Waals surface area contributed by atoms with Crippen LogP contribution in [0.3, 0.4) is 0 Å². The van der Waals surface area contributed by atoms with Gasteiger partial charge in [0.2, 0.25) is 0 Å². The molecule has 4 aliphatic rings. The number of carbonyl (C=O) groups excluding carboxylic acids is 1. The molecule has 2 aromatic rings. The van der Waals surface area contributed by atoms with Gasteiger partial charge in [-0.1, -0.05) is 0 Å². The van der Waals surface area contributed by atoms with Crippen LogP contribution < -0.4 is 9.64 Å². The molecule has 0 radical (unpaired) electrons. The van der Waals surface area contributed by atoms with Gasteiger partial charge in [-0.05, 0) is 81.1 Å². The van der Waals surface area contributed by atoms with E-state index in [1.54, 1.807) is 11.0 Å². The molecule has 206 valence electrons. The Morgan fingerprint density at radius 1 is 1.18 bits per heavy atom. The smallest absolute Gasteiger partial charge is 0.410 e. The van der Waals surface area contributed by atoms with Crippen LogP contribution >= 0.6 is 15.9 Å². The monoisotopic (exact) mass is 593 g/mol. The van der Waals surface area contributed by atoms with Crippen molar-refractivity contribution in [3.8, 4) is 6.01 Å². The standard InChI is InChI=1S/C27H34BrF2N5O3/c1-25(2,3)38-24(36)33-9-10-35(26(15-33)6-7-26)22-18-11-20(30)19(28)12-21(18)31-23(32-22)37-16-27-5-4-8-34(27)14-17(29)13-27/h11-12,17H,4-10,13-16H2,1-3H3/t17-,27+/m1/s1. The Labute approximate surface area is 229 Å². The first-order chi connectivity index (χ1) is 18.0. The Hall–Kier alpha value is -2.27. The Morgan fingerprint density at radius 2 is 1.97 bits per heavy atom. The van der Waals surface area contributed by atoms with E-state index in [1.807, 2.05) is 20.8 Å². The summed E-state index contributed by atoms with van der Waals surface area (Å²) in [7, 11) is 0. The van der Waals surface area contributed by atoms with E-state index in [9.17, 15) is 13.6 Å². The average Bonchev–Trinajstić information content (AvgIpc) is 3.37. The number of amides is 1. The minimum absolute atomic E-state index is 0.208. The second-order valence-corrected chi connectivity index (χ2v) is 13.1. The summed E-state index contributed by atoms with van der Waals surface area (Å²) < 4.78 is 41.1. The van der Waals surface area contributed by atoms with E-state index in [-0.39, 0.29) is 23.2 Å². The predicted molar refractivity (Wildman–Crippen MR) is 143 cm³/mol. The van der Waals surface area contributed by atoms with E-state index in [0.29, 0.717) is 60.4 Å². The molecule has 38 heavy (non-hydrogen) atoms. The molecule has 1 aliphatic carbocycles. The highest BCUT2D eigenvalue weighted by molar-refractivity contribution is 9.10. The number of piperazine rings is 1. The molecule has 2 atom stereocenters. The van der Waals surface area contributed by atoms with Crippen LogP contribution in [0.15, 0.2) is 16.6 Å². The number of anilines is 1. The maximum absolute atomic E-state index is 14.7. The maximum Gasteiger partial charge on any atom is 0.410 e. The minimum Gasteiger partial charge on any atom is -0.461 e. The van der Waals surface area contributed by atoms with Crippen LogP contribution in [0.25, 0.3) is 10.9 Å². The van der Waals surface area contributed by atoms with Crippen LogP contribution in [-0.2, 0) is 4.74 Å². The molecule has 0 unspecified atom stereocenters. The molecule has 0 bridgehead atoms. The van der Waals surface area contributed by atoms with E-state index in [4.69, 9.17) is 14.5 Å². The molecule has 4 fully saturated rings. The van der Waals surface area contributed by atoms with Crippen molar-refractivity contribution in [3.63, 3.8) is 0 Å². The Bertz CT molecular complexity index is 1270. The summed E-state index contributed by atoms with van der Waals surface area (Å²) in [5, 5.41) is 0.598. The van der Waals surface area contributed by atoms with Crippen molar-refractivity contribution in [1.29, 1.82) is 0 Å². The van der Waals surface area contributed by atoms with Gasteiger partial charge in [0.05, 0.1) is 21.1 Å². The Morgan fingerprint density at radius 3 is 2.71 bits per heavy atom. The van der Waals surface area contributed by atoms with Crippen LogP contribution in [-0.4, -0.2) is 88.0 Å². The summed E-state index contributed by atoms with van der Waals surface area (Å²) in [4.78, 5) is 28.4. The molecular weight excluding hydrogens is 560 g/mol. The molecule has 6 rings (SSSR count). The molecule has 1 aromatic heterocycles. The van der Waals surface area contributed by atoms with Crippen molar-refractivity contribution >= 4 is 38.7 Å². The highest BCUT2D eigenvalue weighted by Gasteiger charge is 2.54. The van der Waals surface area contributed by atoms with E-state index in [2.05, 4.69) is 30.7 Å². The number of aromatic nitrogens is 2. The highest BCUT2D eigenvalue weighted by atomic mass is 79.9. The summed E-state index contributed by atoms with van der Waals surface area (Å²) in [6, 6.07) is 3.31. The normalized spacial score (nSPS) is 26.7. The van der Waals surface area contributed by atoms with Crippen LogP contribution in [0.2, 0.25) is 0 Å². The second kappa shape index (κ2) is 9.15. The van der Waals surface area contributed by atoms with Gasteiger partial charge in [0.15, 0.2) is 0 Å². The van der Waals surface area contributed by atoms with Gasteiger partial charge in [0, 0.05) is 38.0 Å². The zero-order chi connectivity index (χ0) is 26.9. The number of hydrogen-bond donors (Lipinski definition) is 0.